The lowest BCUT2D eigenvalue weighted by Gasteiger charge is -2.20. The first kappa shape index (κ1) is 17.4. The van der Waals surface area contributed by atoms with Crippen LogP contribution in [0.15, 0.2) is 59.5 Å². The number of hydrogen-bond acceptors (Lipinski definition) is 3. The molecule has 0 spiro atoms. The molecule has 0 fully saturated rings. The highest BCUT2D eigenvalue weighted by atomic mass is 32.2. The highest BCUT2D eigenvalue weighted by molar-refractivity contribution is 8.00. The third-order valence-electron chi connectivity index (χ3n) is 3.65. The van der Waals surface area contributed by atoms with Crippen LogP contribution in [0.1, 0.15) is 12.5 Å². The summed E-state index contributed by atoms with van der Waals surface area (Å²) in [5.74, 6) is 0.0806. The molecule has 0 aromatic heterocycles. The molecule has 2 rings (SSSR count). The number of anilines is 1. The summed E-state index contributed by atoms with van der Waals surface area (Å²) in [7, 11) is 2.03. The summed E-state index contributed by atoms with van der Waals surface area (Å²) >= 11 is 1.59. The molecular weight excluding hydrogens is 304 g/mol. The molecule has 1 N–H and O–H groups in total. The largest absolute Gasteiger partial charge is 0.373 e. The van der Waals surface area contributed by atoms with E-state index in [0.717, 1.165) is 17.1 Å². The Hall–Kier alpha value is -1.94. The van der Waals surface area contributed by atoms with E-state index in [1.165, 1.54) is 5.56 Å². The van der Waals surface area contributed by atoms with E-state index in [4.69, 9.17) is 0 Å². The molecule has 0 saturated carbocycles. The zero-order chi connectivity index (χ0) is 16.7. The molecule has 0 heterocycles. The van der Waals surface area contributed by atoms with Crippen molar-refractivity contribution in [3.63, 3.8) is 0 Å². The minimum Gasteiger partial charge on any atom is -0.373 e. The second-order valence-electron chi connectivity index (χ2n) is 5.62. The van der Waals surface area contributed by atoms with Crippen molar-refractivity contribution in [1.29, 1.82) is 0 Å². The van der Waals surface area contributed by atoms with E-state index in [1.54, 1.807) is 11.8 Å². The molecule has 0 bridgehead atoms. The van der Waals surface area contributed by atoms with Gasteiger partial charge in [0, 0.05) is 30.7 Å². The molecule has 0 saturated heterocycles. The summed E-state index contributed by atoms with van der Waals surface area (Å²) < 4.78 is 0. The van der Waals surface area contributed by atoms with Crippen LogP contribution in [0.3, 0.4) is 0 Å². The number of para-hydroxylation sites is 1. The lowest BCUT2D eigenvalue weighted by molar-refractivity contribution is -0.120. The highest BCUT2D eigenvalue weighted by Crippen LogP contribution is 2.23. The van der Waals surface area contributed by atoms with Crippen LogP contribution >= 0.6 is 11.8 Å². The third kappa shape index (κ3) is 5.64. The van der Waals surface area contributed by atoms with Gasteiger partial charge in [0.05, 0.1) is 5.25 Å². The van der Waals surface area contributed by atoms with Crippen LogP contribution in [0.2, 0.25) is 0 Å². The van der Waals surface area contributed by atoms with Crippen molar-refractivity contribution >= 4 is 23.4 Å². The molecule has 2 aromatic carbocycles. The minimum absolute atomic E-state index is 0.0806. The summed E-state index contributed by atoms with van der Waals surface area (Å²) in [5, 5.41) is 2.92. The van der Waals surface area contributed by atoms with Gasteiger partial charge in [-0.3, -0.25) is 4.79 Å². The molecule has 0 aliphatic heterocycles. The molecule has 3 nitrogen and oxygen atoms in total. The van der Waals surface area contributed by atoms with E-state index in [2.05, 4.69) is 53.5 Å². The lowest BCUT2D eigenvalue weighted by atomic mass is 10.2. The van der Waals surface area contributed by atoms with Gasteiger partial charge in [0.25, 0.3) is 0 Å². The van der Waals surface area contributed by atoms with Gasteiger partial charge in [-0.2, -0.15) is 0 Å². The van der Waals surface area contributed by atoms with E-state index in [9.17, 15) is 4.79 Å². The van der Waals surface area contributed by atoms with Gasteiger partial charge in [-0.05, 0) is 38.1 Å². The van der Waals surface area contributed by atoms with Crippen LogP contribution in [0.4, 0.5) is 5.69 Å². The first-order valence-corrected chi connectivity index (χ1v) is 8.71. The first-order chi connectivity index (χ1) is 11.1. The standard InChI is InChI=1S/C19H24N2OS/c1-15-9-11-18(12-10-15)23-16(2)19(22)20-13-14-21(3)17-7-5-4-6-8-17/h4-12,16H,13-14H2,1-3H3,(H,20,22). The van der Waals surface area contributed by atoms with Crippen LogP contribution < -0.4 is 10.2 Å². The van der Waals surface area contributed by atoms with Crippen molar-refractivity contribution < 1.29 is 4.79 Å². The van der Waals surface area contributed by atoms with Gasteiger partial charge in [0.1, 0.15) is 0 Å². The molecule has 2 aromatic rings. The predicted octanol–water partition coefficient (Wildman–Crippen LogP) is 3.73. The number of thioether (sulfide) groups is 1. The second-order valence-corrected chi connectivity index (χ2v) is 7.04. The predicted molar refractivity (Wildman–Crippen MR) is 99.2 cm³/mol. The monoisotopic (exact) mass is 328 g/mol. The van der Waals surface area contributed by atoms with Gasteiger partial charge >= 0.3 is 0 Å². The zero-order valence-electron chi connectivity index (χ0n) is 14.0. The van der Waals surface area contributed by atoms with Crippen LogP contribution in [-0.4, -0.2) is 31.3 Å². The van der Waals surface area contributed by atoms with Crippen molar-refractivity contribution in [3.8, 4) is 0 Å². The number of aryl methyl sites for hydroxylation is 1. The Labute approximate surface area is 143 Å². The zero-order valence-corrected chi connectivity index (χ0v) is 14.8. The van der Waals surface area contributed by atoms with Crippen molar-refractivity contribution in [3.05, 3.63) is 60.2 Å². The Morgan fingerprint density at radius 1 is 1.13 bits per heavy atom. The average Bonchev–Trinajstić information content (AvgIpc) is 2.57. The summed E-state index contributed by atoms with van der Waals surface area (Å²) in [6, 6.07) is 18.4. The van der Waals surface area contributed by atoms with Crippen LogP contribution in [-0.2, 0) is 4.79 Å². The van der Waals surface area contributed by atoms with E-state index >= 15 is 0 Å². The van der Waals surface area contributed by atoms with Crippen molar-refractivity contribution in [1.82, 2.24) is 5.32 Å². The van der Waals surface area contributed by atoms with Crippen molar-refractivity contribution in [2.24, 2.45) is 0 Å². The lowest BCUT2D eigenvalue weighted by Crippen LogP contribution is -2.36. The third-order valence-corrected chi connectivity index (χ3v) is 4.76. The Bertz CT molecular complexity index is 613. The molecule has 0 aliphatic rings. The van der Waals surface area contributed by atoms with Crippen LogP contribution in [0.5, 0.6) is 0 Å². The number of nitrogens with zero attached hydrogens (tertiary/aromatic N) is 1. The van der Waals surface area contributed by atoms with E-state index in [-0.39, 0.29) is 11.2 Å². The van der Waals surface area contributed by atoms with Crippen LogP contribution in [0.25, 0.3) is 0 Å². The molecular formula is C19H24N2OS. The number of carbonyl (C=O) groups is 1. The maximum absolute atomic E-state index is 12.2. The van der Waals surface area contributed by atoms with E-state index in [0.29, 0.717) is 6.54 Å². The molecule has 1 atom stereocenters. The Morgan fingerprint density at radius 3 is 2.43 bits per heavy atom. The fourth-order valence-electron chi connectivity index (χ4n) is 2.18. The van der Waals surface area contributed by atoms with E-state index < -0.39 is 0 Å². The molecule has 23 heavy (non-hydrogen) atoms. The Balaban J connectivity index is 1.74. The molecule has 0 aliphatic carbocycles. The number of hydrogen-bond donors (Lipinski definition) is 1. The van der Waals surface area contributed by atoms with Gasteiger partial charge in [0.15, 0.2) is 0 Å². The first-order valence-electron chi connectivity index (χ1n) is 7.83. The van der Waals surface area contributed by atoms with Crippen LogP contribution in [0, 0.1) is 6.92 Å². The van der Waals surface area contributed by atoms with Gasteiger partial charge in [-0.1, -0.05) is 35.9 Å². The number of benzene rings is 2. The van der Waals surface area contributed by atoms with Gasteiger partial charge in [0.2, 0.25) is 5.91 Å². The van der Waals surface area contributed by atoms with Gasteiger partial charge in [-0.25, -0.2) is 0 Å². The summed E-state index contributed by atoms with van der Waals surface area (Å²) in [6.07, 6.45) is 0. The summed E-state index contributed by atoms with van der Waals surface area (Å²) in [6.45, 7) is 5.44. The maximum atomic E-state index is 12.2. The smallest absolute Gasteiger partial charge is 0.233 e. The molecule has 4 heteroatoms. The quantitative estimate of drug-likeness (QED) is 0.786. The SMILES string of the molecule is Cc1ccc(SC(C)C(=O)NCCN(C)c2ccccc2)cc1. The number of carbonyl (C=O) groups excluding carboxylic acids is 1. The average molecular weight is 328 g/mol. The molecule has 1 amide bonds. The van der Waals surface area contributed by atoms with Crippen molar-refractivity contribution in [2.45, 2.75) is 24.0 Å². The minimum atomic E-state index is -0.0975. The normalized spacial score (nSPS) is 11.8. The fourth-order valence-corrected chi connectivity index (χ4v) is 3.07. The fraction of sp³-hybridized carbons (Fsp3) is 0.316. The maximum Gasteiger partial charge on any atom is 0.233 e. The van der Waals surface area contributed by atoms with E-state index in [1.807, 2.05) is 32.2 Å². The Kier molecular flexibility index (Phi) is 6.53. The Morgan fingerprint density at radius 2 is 1.78 bits per heavy atom. The number of nitrogens with one attached hydrogen (secondary N) is 1. The molecule has 1 unspecified atom stereocenters. The number of likely N-dealkylation sites (N-methyl/N-ethyl adjacent to an activating group) is 1. The van der Waals surface area contributed by atoms with Crippen molar-refractivity contribution in [2.75, 3.05) is 25.0 Å². The number of amides is 1. The second kappa shape index (κ2) is 8.63. The van der Waals surface area contributed by atoms with Gasteiger partial charge < -0.3 is 10.2 Å². The molecule has 0 radical (unpaired) electrons. The highest BCUT2D eigenvalue weighted by Gasteiger charge is 2.14. The summed E-state index contributed by atoms with van der Waals surface area (Å²) in [4.78, 5) is 15.4. The summed E-state index contributed by atoms with van der Waals surface area (Å²) in [5.41, 5.74) is 2.39. The number of rotatable bonds is 7. The molecule has 122 valence electrons. The topological polar surface area (TPSA) is 32.3 Å². The van der Waals surface area contributed by atoms with Gasteiger partial charge in [-0.15, -0.1) is 11.8 Å².